The number of para-hydroxylation sites is 1. The molecule has 1 aromatic heterocycles. The van der Waals surface area contributed by atoms with Crippen LogP contribution in [0.15, 0.2) is 30.3 Å². The lowest BCUT2D eigenvalue weighted by molar-refractivity contribution is -0.215. The number of ether oxygens (including phenoxy) is 2. The zero-order chi connectivity index (χ0) is 14.3. The van der Waals surface area contributed by atoms with Gasteiger partial charge in [-0.3, -0.25) is 0 Å². The number of rotatable bonds is 2. The molecule has 2 fully saturated rings. The van der Waals surface area contributed by atoms with E-state index in [1.807, 2.05) is 0 Å². The van der Waals surface area contributed by atoms with Crippen molar-refractivity contribution in [1.82, 2.24) is 10.3 Å². The maximum Gasteiger partial charge on any atom is 0.174 e. The van der Waals surface area contributed by atoms with E-state index in [1.54, 1.807) is 0 Å². The van der Waals surface area contributed by atoms with Crippen molar-refractivity contribution in [2.24, 2.45) is 5.92 Å². The van der Waals surface area contributed by atoms with Crippen LogP contribution in [0.4, 0.5) is 0 Å². The largest absolute Gasteiger partial charge is 0.357 e. The van der Waals surface area contributed by atoms with E-state index in [9.17, 15) is 0 Å². The Kier molecular flexibility index (Phi) is 3.25. The summed E-state index contributed by atoms with van der Waals surface area (Å²) in [5.74, 6) is 0.0442. The van der Waals surface area contributed by atoms with Crippen molar-refractivity contribution in [3.63, 3.8) is 0 Å². The van der Waals surface area contributed by atoms with Crippen molar-refractivity contribution in [3.05, 3.63) is 36.0 Å². The van der Waals surface area contributed by atoms with E-state index >= 15 is 0 Å². The lowest BCUT2D eigenvalue weighted by Crippen LogP contribution is -2.52. The fourth-order valence-electron chi connectivity index (χ4n) is 3.75. The quantitative estimate of drug-likeness (QED) is 0.892. The van der Waals surface area contributed by atoms with Gasteiger partial charge in [-0.25, -0.2) is 0 Å². The summed E-state index contributed by atoms with van der Waals surface area (Å²) in [4.78, 5) is 3.53. The number of fused-ring (bicyclic) bond motifs is 1. The summed E-state index contributed by atoms with van der Waals surface area (Å²) >= 11 is 0. The minimum atomic E-state index is -0.387. The predicted octanol–water partition coefficient (Wildman–Crippen LogP) is 2.97. The normalized spacial score (nSPS) is 28.4. The average Bonchev–Trinajstić information content (AvgIpc) is 3.14. The fraction of sp³-hybridized carbons (Fsp3) is 0.529. The van der Waals surface area contributed by atoms with Crippen molar-refractivity contribution in [2.45, 2.75) is 31.6 Å². The molecule has 2 saturated heterocycles. The van der Waals surface area contributed by atoms with Crippen LogP contribution < -0.4 is 5.32 Å². The van der Waals surface area contributed by atoms with Gasteiger partial charge in [0.15, 0.2) is 5.79 Å². The molecule has 112 valence electrons. The van der Waals surface area contributed by atoms with Gasteiger partial charge >= 0.3 is 0 Å². The summed E-state index contributed by atoms with van der Waals surface area (Å²) in [6.45, 7) is 4.59. The molecule has 4 heteroatoms. The summed E-state index contributed by atoms with van der Waals surface area (Å²) in [6, 6.07) is 10.9. The Bertz CT molecular complexity index is 598. The maximum atomic E-state index is 6.03. The molecule has 0 amide bonds. The minimum Gasteiger partial charge on any atom is -0.357 e. The van der Waals surface area contributed by atoms with Crippen LogP contribution in [0.1, 0.15) is 31.5 Å². The Labute approximate surface area is 124 Å². The molecule has 4 rings (SSSR count). The van der Waals surface area contributed by atoms with E-state index < -0.39 is 0 Å². The number of aromatic nitrogens is 1. The summed E-state index contributed by atoms with van der Waals surface area (Å²) in [5.41, 5.74) is 2.42. The molecule has 0 radical (unpaired) electrons. The maximum absolute atomic E-state index is 6.03. The van der Waals surface area contributed by atoms with E-state index in [-0.39, 0.29) is 11.8 Å². The first-order valence-electron chi connectivity index (χ1n) is 7.90. The van der Waals surface area contributed by atoms with Gasteiger partial charge in [0.1, 0.15) is 0 Å². The molecule has 3 heterocycles. The van der Waals surface area contributed by atoms with Gasteiger partial charge in [0, 0.05) is 30.1 Å². The van der Waals surface area contributed by atoms with Crippen molar-refractivity contribution >= 4 is 10.9 Å². The average molecular weight is 286 g/mol. The second-order valence-electron chi connectivity index (χ2n) is 6.09. The highest BCUT2D eigenvalue weighted by Crippen LogP contribution is 2.41. The van der Waals surface area contributed by atoms with Crippen LogP contribution in [0.3, 0.4) is 0 Å². The molecular formula is C17H22N2O2. The number of hydrogen-bond donors (Lipinski definition) is 2. The molecule has 2 atom stereocenters. The number of H-pyrrole nitrogens is 1. The molecule has 0 bridgehead atoms. The number of benzene rings is 1. The first-order chi connectivity index (χ1) is 10.3. The zero-order valence-electron chi connectivity index (χ0n) is 12.4. The Morgan fingerprint density at radius 2 is 2.05 bits per heavy atom. The highest BCUT2D eigenvalue weighted by atomic mass is 16.7. The molecule has 0 unspecified atom stereocenters. The van der Waals surface area contributed by atoms with Gasteiger partial charge < -0.3 is 19.8 Å². The number of piperidine rings is 1. The van der Waals surface area contributed by atoms with Crippen LogP contribution in [0, 0.1) is 5.92 Å². The van der Waals surface area contributed by atoms with E-state index in [0.29, 0.717) is 5.92 Å². The predicted molar refractivity (Wildman–Crippen MR) is 82.1 cm³/mol. The van der Waals surface area contributed by atoms with Crippen LogP contribution in [-0.2, 0) is 9.47 Å². The van der Waals surface area contributed by atoms with Gasteiger partial charge in [-0.1, -0.05) is 25.1 Å². The molecule has 21 heavy (non-hydrogen) atoms. The molecule has 0 saturated carbocycles. The van der Waals surface area contributed by atoms with E-state index in [2.05, 4.69) is 47.6 Å². The summed E-state index contributed by atoms with van der Waals surface area (Å²) < 4.78 is 12.1. The second-order valence-corrected chi connectivity index (χ2v) is 6.09. The third-order valence-corrected chi connectivity index (χ3v) is 4.92. The fourth-order valence-corrected chi connectivity index (χ4v) is 3.75. The molecule has 2 aromatic rings. The van der Waals surface area contributed by atoms with Gasteiger partial charge in [-0.15, -0.1) is 0 Å². The first-order valence-corrected chi connectivity index (χ1v) is 7.90. The Hall–Kier alpha value is -1.36. The molecule has 2 aliphatic rings. The molecular weight excluding hydrogens is 264 g/mol. The summed E-state index contributed by atoms with van der Waals surface area (Å²) in [5, 5.41) is 4.92. The van der Waals surface area contributed by atoms with Crippen LogP contribution >= 0.6 is 0 Å². The SMILES string of the molecule is CC[C@H]1CN[C@H](c2cc3ccccc3[nH]2)CC12OCCO2. The first kappa shape index (κ1) is 13.3. The van der Waals surface area contributed by atoms with Crippen molar-refractivity contribution in [3.8, 4) is 0 Å². The lowest BCUT2D eigenvalue weighted by atomic mass is 9.85. The van der Waals surface area contributed by atoms with Crippen LogP contribution in [0.5, 0.6) is 0 Å². The Balaban J connectivity index is 1.63. The van der Waals surface area contributed by atoms with E-state index in [1.165, 1.54) is 16.6 Å². The van der Waals surface area contributed by atoms with Gasteiger partial charge in [-0.2, -0.15) is 0 Å². The molecule has 0 aliphatic carbocycles. The lowest BCUT2D eigenvalue weighted by Gasteiger charge is -2.42. The zero-order valence-corrected chi connectivity index (χ0v) is 12.4. The third-order valence-electron chi connectivity index (χ3n) is 4.92. The molecule has 1 spiro atoms. The highest BCUT2D eigenvalue weighted by Gasteiger charge is 2.48. The van der Waals surface area contributed by atoms with Gasteiger partial charge in [-0.05, 0) is 23.9 Å². The number of hydrogen-bond acceptors (Lipinski definition) is 3. The van der Waals surface area contributed by atoms with E-state index in [4.69, 9.17) is 9.47 Å². The monoisotopic (exact) mass is 286 g/mol. The second kappa shape index (κ2) is 5.13. The van der Waals surface area contributed by atoms with Gasteiger partial charge in [0.05, 0.1) is 19.3 Å². The molecule has 2 N–H and O–H groups in total. The molecule has 1 aromatic carbocycles. The van der Waals surface area contributed by atoms with Gasteiger partial charge in [0.25, 0.3) is 0 Å². The van der Waals surface area contributed by atoms with E-state index in [0.717, 1.165) is 32.6 Å². The standard InChI is InChI=1S/C17H22N2O2/c1-2-13-11-18-16(10-17(13)20-7-8-21-17)15-9-12-5-3-4-6-14(12)19-15/h3-6,9,13,16,18-19H,2,7-8,10-11H2,1H3/t13-,16-/m0/s1. The molecule has 2 aliphatic heterocycles. The number of nitrogens with one attached hydrogen (secondary N) is 2. The summed E-state index contributed by atoms with van der Waals surface area (Å²) in [7, 11) is 0. The van der Waals surface area contributed by atoms with Crippen molar-refractivity contribution in [1.29, 1.82) is 0 Å². The van der Waals surface area contributed by atoms with Crippen molar-refractivity contribution < 1.29 is 9.47 Å². The Morgan fingerprint density at radius 3 is 2.81 bits per heavy atom. The van der Waals surface area contributed by atoms with Crippen LogP contribution in [0.25, 0.3) is 10.9 Å². The number of aromatic amines is 1. The Morgan fingerprint density at radius 1 is 1.24 bits per heavy atom. The smallest absolute Gasteiger partial charge is 0.174 e. The summed E-state index contributed by atoms with van der Waals surface area (Å²) in [6.07, 6.45) is 1.95. The topological polar surface area (TPSA) is 46.3 Å². The minimum absolute atomic E-state index is 0.262. The highest BCUT2D eigenvalue weighted by molar-refractivity contribution is 5.80. The molecule has 4 nitrogen and oxygen atoms in total. The van der Waals surface area contributed by atoms with Crippen molar-refractivity contribution in [2.75, 3.05) is 19.8 Å². The third kappa shape index (κ3) is 2.18. The van der Waals surface area contributed by atoms with Gasteiger partial charge in [0.2, 0.25) is 0 Å². The van der Waals surface area contributed by atoms with Crippen LogP contribution in [0.2, 0.25) is 0 Å². The van der Waals surface area contributed by atoms with Crippen LogP contribution in [-0.4, -0.2) is 30.5 Å².